The van der Waals surface area contributed by atoms with Gasteiger partial charge < -0.3 is 5.73 Å². The average molecular weight is 389 g/mol. The molecule has 0 aromatic carbocycles. The number of hydrogen-bond acceptors (Lipinski definition) is 5. The third kappa shape index (κ3) is 2.65. The largest absolute Gasteiger partial charge is 0.328 e. The lowest BCUT2D eigenvalue weighted by Gasteiger charge is -2.61. The Morgan fingerprint density at radius 1 is 1.18 bits per heavy atom. The van der Waals surface area contributed by atoms with E-state index in [1.165, 1.54) is 0 Å². The molecular formula is C23H36N2O3. The molecule has 0 spiro atoms. The lowest BCUT2D eigenvalue weighted by Crippen LogP contribution is -2.60. The van der Waals surface area contributed by atoms with E-state index in [0.717, 1.165) is 31.4 Å². The van der Waals surface area contributed by atoms with Crippen molar-refractivity contribution in [3.63, 3.8) is 0 Å². The van der Waals surface area contributed by atoms with Crippen molar-refractivity contribution >= 4 is 11.6 Å². The van der Waals surface area contributed by atoms with Gasteiger partial charge in [0.1, 0.15) is 11.6 Å². The van der Waals surface area contributed by atoms with Crippen molar-refractivity contribution in [2.75, 3.05) is 13.2 Å². The van der Waals surface area contributed by atoms with Gasteiger partial charge in [-0.15, -0.1) is 0 Å². The number of nitrogens with one attached hydrogen (secondary N) is 1. The molecule has 28 heavy (non-hydrogen) atoms. The molecule has 0 aromatic heterocycles. The topological polar surface area (TPSA) is 81.4 Å². The number of carbonyl (C=O) groups is 2. The number of fused-ring (bicyclic) bond motifs is 5. The summed E-state index contributed by atoms with van der Waals surface area (Å²) in [6, 6.07) is 0. The highest BCUT2D eigenvalue weighted by Crippen LogP contribution is 2.66. The van der Waals surface area contributed by atoms with Crippen LogP contribution in [0.4, 0.5) is 0 Å². The number of carbonyl (C=O) groups excluding carboxylic acids is 2. The van der Waals surface area contributed by atoms with E-state index < -0.39 is 0 Å². The van der Waals surface area contributed by atoms with Gasteiger partial charge in [-0.3, -0.25) is 19.9 Å². The molecule has 0 radical (unpaired) electrons. The summed E-state index contributed by atoms with van der Waals surface area (Å²) in [6.07, 6.45) is 7.51. The third-order valence-corrected chi connectivity index (χ3v) is 8.98. The van der Waals surface area contributed by atoms with Crippen molar-refractivity contribution < 1.29 is 14.4 Å². The second-order valence-corrected chi connectivity index (χ2v) is 10.7. The van der Waals surface area contributed by atoms with Gasteiger partial charge in [0.2, 0.25) is 0 Å². The molecule has 4 aliphatic carbocycles. The molecule has 0 amide bonds. The Bertz CT molecular complexity index is 715. The summed E-state index contributed by atoms with van der Waals surface area (Å²) in [5.74, 6) is 2.07. The van der Waals surface area contributed by atoms with E-state index in [0.29, 0.717) is 55.3 Å². The predicted octanol–water partition coefficient (Wildman–Crippen LogP) is 3.39. The van der Waals surface area contributed by atoms with Crippen LogP contribution in [-0.2, 0) is 14.4 Å². The highest BCUT2D eigenvalue weighted by Gasteiger charge is 2.64. The smallest absolute Gasteiger partial charge is 0.139 e. The summed E-state index contributed by atoms with van der Waals surface area (Å²) in [6.45, 7) is 9.75. The number of Topliss-reactive ketones (excluding diaryl/α,β-unsaturated/α-hetero) is 2. The van der Waals surface area contributed by atoms with Crippen LogP contribution in [-0.4, -0.2) is 24.7 Å². The van der Waals surface area contributed by atoms with Crippen molar-refractivity contribution in [2.24, 2.45) is 45.7 Å². The summed E-state index contributed by atoms with van der Waals surface area (Å²) < 4.78 is 0. The minimum absolute atomic E-state index is 0.0170. The van der Waals surface area contributed by atoms with Gasteiger partial charge in [0, 0.05) is 41.8 Å². The molecule has 3 saturated carbocycles. The summed E-state index contributed by atoms with van der Waals surface area (Å²) in [5, 5.41) is 0. The fraction of sp³-hybridized carbons (Fsp3) is 0.826. The molecule has 4 aliphatic rings. The molecule has 156 valence electrons. The van der Waals surface area contributed by atoms with Crippen LogP contribution in [0, 0.1) is 39.9 Å². The van der Waals surface area contributed by atoms with Gasteiger partial charge in [-0.25, -0.2) is 0 Å². The van der Waals surface area contributed by atoms with Crippen LogP contribution in [0.5, 0.6) is 0 Å². The minimum atomic E-state index is -0.296. The number of nitrogens with two attached hydrogens (primary N) is 1. The van der Waals surface area contributed by atoms with E-state index in [-0.39, 0.29) is 22.2 Å². The fourth-order valence-electron chi connectivity index (χ4n) is 7.69. The van der Waals surface area contributed by atoms with Gasteiger partial charge >= 0.3 is 0 Å². The van der Waals surface area contributed by atoms with Crippen LogP contribution < -0.4 is 11.2 Å². The molecule has 1 unspecified atom stereocenters. The van der Waals surface area contributed by atoms with E-state index >= 15 is 0 Å². The van der Waals surface area contributed by atoms with Crippen molar-refractivity contribution in [3.05, 3.63) is 11.8 Å². The number of rotatable bonds is 4. The number of ketones is 2. The van der Waals surface area contributed by atoms with Crippen LogP contribution >= 0.6 is 0 Å². The SMILES string of the molecule is CC1(C)C(NOCCN)=CC[C@@]2(C)C1C(=O)C[C@@H]1[C@H]2CC[C@]2(C)C(=O)CC[C@@H]12. The summed E-state index contributed by atoms with van der Waals surface area (Å²) >= 11 is 0. The van der Waals surface area contributed by atoms with Crippen molar-refractivity contribution in [1.29, 1.82) is 0 Å². The first kappa shape index (κ1) is 20.1. The molecule has 3 N–H and O–H groups in total. The van der Waals surface area contributed by atoms with Crippen LogP contribution in [0.2, 0.25) is 0 Å². The summed E-state index contributed by atoms with van der Waals surface area (Å²) in [4.78, 5) is 31.7. The molecule has 0 heterocycles. The van der Waals surface area contributed by atoms with E-state index in [1.54, 1.807) is 0 Å². The Morgan fingerprint density at radius 3 is 2.64 bits per heavy atom. The predicted molar refractivity (Wildman–Crippen MR) is 108 cm³/mol. The van der Waals surface area contributed by atoms with E-state index in [4.69, 9.17) is 10.6 Å². The van der Waals surface area contributed by atoms with Crippen molar-refractivity contribution in [3.8, 4) is 0 Å². The zero-order valence-electron chi connectivity index (χ0n) is 17.8. The molecule has 3 fully saturated rings. The average Bonchev–Trinajstić information content (AvgIpc) is 2.92. The maximum absolute atomic E-state index is 13.6. The molecule has 0 aliphatic heterocycles. The Balaban J connectivity index is 1.66. The Hall–Kier alpha value is -1.20. The maximum Gasteiger partial charge on any atom is 0.139 e. The molecule has 4 rings (SSSR count). The highest BCUT2D eigenvalue weighted by molar-refractivity contribution is 5.88. The summed E-state index contributed by atoms with van der Waals surface area (Å²) in [5.41, 5.74) is 9.10. The van der Waals surface area contributed by atoms with Crippen molar-refractivity contribution in [1.82, 2.24) is 5.48 Å². The monoisotopic (exact) mass is 388 g/mol. The van der Waals surface area contributed by atoms with Crippen LogP contribution in [0.3, 0.4) is 0 Å². The van der Waals surface area contributed by atoms with E-state index in [1.807, 2.05) is 0 Å². The third-order valence-electron chi connectivity index (χ3n) is 8.98. The Kier molecular flexibility index (Phi) is 4.78. The molecule has 0 bridgehead atoms. The lowest BCUT2D eigenvalue weighted by molar-refractivity contribution is -0.161. The molecule has 0 aromatic rings. The number of allylic oxidation sites excluding steroid dienone is 2. The fourth-order valence-corrected chi connectivity index (χ4v) is 7.69. The first-order chi connectivity index (χ1) is 13.2. The first-order valence-electron chi connectivity index (χ1n) is 11.0. The summed E-state index contributed by atoms with van der Waals surface area (Å²) in [7, 11) is 0. The Morgan fingerprint density at radius 2 is 1.93 bits per heavy atom. The van der Waals surface area contributed by atoms with Crippen molar-refractivity contribution in [2.45, 2.75) is 66.2 Å². The zero-order valence-corrected chi connectivity index (χ0v) is 17.8. The van der Waals surface area contributed by atoms with Gasteiger partial charge in [0.15, 0.2) is 0 Å². The maximum atomic E-state index is 13.6. The van der Waals surface area contributed by atoms with E-state index in [2.05, 4.69) is 39.3 Å². The minimum Gasteiger partial charge on any atom is -0.328 e. The number of hydrogen-bond donors (Lipinski definition) is 2. The second kappa shape index (κ2) is 6.66. The molecule has 5 heteroatoms. The van der Waals surface area contributed by atoms with Crippen LogP contribution in [0.15, 0.2) is 11.8 Å². The van der Waals surface area contributed by atoms with Gasteiger partial charge in [0.25, 0.3) is 0 Å². The highest BCUT2D eigenvalue weighted by atomic mass is 16.6. The second-order valence-electron chi connectivity index (χ2n) is 10.7. The van der Waals surface area contributed by atoms with Crippen LogP contribution in [0.1, 0.15) is 66.2 Å². The molecule has 6 atom stereocenters. The lowest BCUT2D eigenvalue weighted by atomic mass is 9.42. The molecule has 5 nitrogen and oxygen atoms in total. The number of hydroxylamine groups is 1. The Labute approximate surface area is 168 Å². The molecular weight excluding hydrogens is 352 g/mol. The normalized spacial score (nSPS) is 44.4. The van der Waals surface area contributed by atoms with Gasteiger partial charge in [-0.05, 0) is 48.9 Å². The quantitative estimate of drug-likeness (QED) is 0.570. The van der Waals surface area contributed by atoms with Gasteiger partial charge in [0.05, 0.1) is 6.61 Å². The van der Waals surface area contributed by atoms with Gasteiger partial charge in [-0.1, -0.05) is 33.8 Å². The first-order valence-corrected chi connectivity index (χ1v) is 11.0. The standard InChI is InChI=1S/C23H36N2O3/c1-21(2)18(25-28-12-11-24)8-10-23(4)16-7-9-22(3)15(5-6-19(22)27)14(16)13-17(26)20(21)23/h8,14-16,20,25H,5-7,9-13,24H2,1-4H3/t14-,15-,16+,20?,22-,23+/m0/s1. The molecule has 0 saturated heterocycles. The van der Waals surface area contributed by atoms with E-state index in [9.17, 15) is 9.59 Å². The zero-order chi connectivity index (χ0) is 20.3. The van der Waals surface area contributed by atoms with Crippen LogP contribution in [0.25, 0.3) is 0 Å². The van der Waals surface area contributed by atoms with Gasteiger partial charge in [-0.2, -0.15) is 0 Å².